The van der Waals surface area contributed by atoms with Gasteiger partial charge >= 0.3 is 12.0 Å². The van der Waals surface area contributed by atoms with Crippen LogP contribution in [0, 0.1) is 23.7 Å². The van der Waals surface area contributed by atoms with E-state index in [-0.39, 0.29) is 66.8 Å². The van der Waals surface area contributed by atoms with Crippen LogP contribution in [0.2, 0.25) is 0 Å². The molecule has 0 bridgehead atoms. The number of urea groups is 1. The molecule has 244 valence electrons. The number of hydrogen-bond acceptors (Lipinski definition) is 5. The summed E-state index contributed by atoms with van der Waals surface area (Å²) in [6.07, 6.45) is 10.8. The molecular formula is C32H55N5O6. The van der Waals surface area contributed by atoms with Crippen LogP contribution in [0.1, 0.15) is 104 Å². The molecule has 3 aliphatic rings. The van der Waals surface area contributed by atoms with E-state index in [9.17, 15) is 24.0 Å². The topological polar surface area (TPSA) is 148 Å². The van der Waals surface area contributed by atoms with Crippen molar-refractivity contribution in [2.75, 3.05) is 20.1 Å². The second-order valence-electron chi connectivity index (χ2n) is 13.8. The van der Waals surface area contributed by atoms with Crippen LogP contribution in [-0.4, -0.2) is 89.4 Å². The third-order valence-corrected chi connectivity index (χ3v) is 9.75. The van der Waals surface area contributed by atoms with Gasteiger partial charge in [0.2, 0.25) is 18.2 Å². The van der Waals surface area contributed by atoms with Crippen molar-refractivity contribution in [3.05, 3.63) is 0 Å². The zero-order valence-electron chi connectivity index (χ0n) is 26.7. The molecule has 0 radical (unpaired) electrons. The Kier molecular flexibility index (Phi) is 13.6. The Hall–Kier alpha value is -2.85. The first-order chi connectivity index (χ1) is 20.5. The van der Waals surface area contributed by atoms with Crippen LogP contribution in [0.15, 0.2) is 0 Å². The van der Waals surface area contributed by atoms with Crippen LogP contribution in [0.5, 0.6) is 0 Å². The molecule has 0 aliphatic heterocycles. The molecule has 5 atom stereocenters. The van der Waals surface area contributed by atoms with Gasteiger partial charge in [-0.1, -0.05) is 33.6 Å². The van der Waals surface area contributed by atoms with Crippen LogP contribution in [0.3, 0.4) is 0 Å². The third kappa shape index (κ3) is 11.0. The minimum Gasteiger partial charge on any atom is -0.481 e. The van der Waals surface area contributed by atoms with Crippen molar-refractivity contribution in [3.8, 4) is 0 Å². The van der Waals surface area contributed by atoms with Gasteiger partial charge in [-0.15, -0.1) is 0 Å². The molecule has 4 N–H and O–H groups in total. The Morgan fingerprint density at radius 1 is 0.907 bits per heavy atom. The normalized spacial score (nSPS) is 29.3. The fraction of sp³-hybridized carbons (Fsp3) is 0.844. The minimum atomic E-state index is -0.971. The van der Waals surface area contributed by atoms with Gasteiger partial charge in [0.15, 0.2) is 0 Å². The largest absolute Gasteiger partial charge is 0.481 e. The van der Waals surface area contributed by atoms with Crippen molar-refractivity contribution in [2.24, 2.45) is 23.7 Å². The summed E-state index contributed by atoms with van der Waals surface area (Å²) in [5, 5.41) is 18.5. The Bertz CT molecular complexity index is 953. The van der Waals surface area contributed by atoms with Gasteiger partial charge < -0.3 is 30.9 Å². The van der Waals surface area contributed by atoms with Gasteiger partial charge in [-0.3, -0.25) is 19.2 Å². The molecule has 0 saturated heterocycles. The fourth-order valence-corrected chi connectivity index (χ4v) is 7.27. The molecule has 0 aromatic rings. The lowest BCUT2D eigenvalue weighted by atomic mass is 9.79. The van der Waals surface area contributed by atoms with Gasteiger partial charge in [0.05, 0.1) is 12.3 Å². The fourth-order valence-electron chi connectivity index (χ4n) is 7.27. The quantitative estimate of drug-likeness (QED) is 0.236. The standard InChI is InChI=1S/C32H55N5O6/c1-21(2)19-37(20-38)28-14-13-25(18-26(28)31(42)36(4)16-15-30(40)41)33-29(39)17-23-9-11-24(12-10-23)34-32(43)35-27-8-6-5-7-22(27)3/h20-28H,5-19H2,1-4H3,(H,33,39)(H,40,41)(H2,34,35,43). The minimum absolute atomic E-state index is 0.0243. The highest BCUT2D eigenvalue weighted by Crippen LogP contribution is 2.32. The summed E-state index contributed by atoms with van der Waals surface area (Å²) in [5.41, 5.74) is 0. The van der Waals surface area contributed by atoms with E-state index in [1.807, 2.05) is 13.8 Å². The van der Waals surface area contributed by atoms with Crippen LogP contribution < -0.4 is 16.0 Å². The number of carboxylic acids is 1. The first-order valence-electron chi connectivity index (χ1n) is 16.5. The van der Waals surface area contributed by atoms with Crippen molar-refractivity contribution in [2.45, 2.75) is 128 Å². The Labute approximate surface area is 257 Å². The van der Waals surface area contributed by atoms with E-state index in [2.05, 4.69) is 22.9 Å². The van der Waals surface area contributed by atoms with Crippen LogP contribution in [0.4, 0.5) is 4.79 Å². The second-order valence-corrected chi connectivity index (χ2v) is 13.8. The third-order valence-electron chi connectivity index (χ3n) is 9.75. The van der Waals surface area contributed by atoms with Crippen molar-refractivity contribution >= 4 is 30.2 Å². The number of carboxylic acid groups (broad SMARTS) is 1. The summed E-state index contributed by atoms with van der Waals surface area (Å²) in [7, 11) is 1.60. The summed E-state index contributed by atoms with van der Waals surface area (Å²) in [6, 6.07) is -0.156. The zero-order chi connectivity index (χ0) is 31.5. The van der Waals surface area contributed by atoms with E-state index in [0.717, 1.165) is 44.9 Å². The van der Waals surface area contributed by atoms with E-state index in [1.54, 1.807) is 11.9 Å². The molecular weight excluding hydrogens is 550 g/mol. The molecule has 3 fully saturated rings. The zero-order valence-corrected chi connectivity index (χ0v) is 26.7. The molecule has 0 heterocycles. The number of carbonyl (C=O) groups excluding carboxylic acids is 4. The molecule has 43 heavy (non-hydrogen) atoms. The van der Waals surface area contributed by atoms with Gasteiger partial charge in [-0.25, -0.2) is 4.79 Å². The summed E-state index contributed by atoms with van der Waals surface area (Å²) in [5.74, 6) is -0.681. The molecule has 0 spiro atoms. The molecule has 5 unspecified atom stereocenters. The molecule has 11 heteroatoms. The maximum Gasteiger partial charge on any atom is 0.315 e. The summed E-state index contributed by atoms with van der Waals surface area (Å²) >= 11 is 0. The first kappa shape index (κ1) is 34.6. The SMILES string of the molecule is CC(C)CN(C=O)C1CCC(NC(=O)CC2CCC(NC(=O)NC3CCCCC3C)CC2)CC1C(=O)N(C)CCC(=O)O. The molecule has 0 aromatic carbocycles. The van der Waals surface area contributed by atoms with Gasteiger partial charge in [0.25, 0.3) is 0 Å². The lowest BCUT2D eigenvalue weighted by Crippen LogP contribution is -2.54. The van der Waals surface area contributed by atoms with E-state index in [0.29, 0.717) is 38.1 Å². The van der Waals surface area contributed by atoms with Crippen molar-refractivity contribution in [1.82, 2.24) is 25.8 Å². The van der Waals surface area contributed by atoms with E-state index in [4.69, 9.17) is 5.11 Å². The van der Waals surface area contributed by atoms with Gasteiger partial charge in [-0.05, 0) is 75.5 Å². The lowest BCUT2D eigenvalue weighted by Gasteiger charge is -2.42. The molecule has 3 aliphatic carbocycles. The maximum atomic E-state index is 13.5. The Morgan fingerprint density at radius 3 is 2.21 bits per heavy atom. The molecule has 3 rings (SSSR count). The molecule has 5 amide bonds. The Balaban J connectivity index is 1.48. The summed E-state index contributed by atoms with van der Waals surface area (Å²) < 4.78 is 0. The number of rotatable bonds is 13. The van der Waals surface area contributed by atoms with Gasteiger partial charge in [-0.2, -0.15) is 0 Å². The predicted molar refractivity (Wildman–Crippen MR) is 164 cm³/mol. The average Bonchev–Trinajstić information content (AvgIpc) is 2.96. The first-order valence-corrected chi connectivity index (χ1v) is 16.5. The van der Waals surface area contributed by atoms with Gasteiger partial charge in [0, 0.05) is 50.7 Å². The number of hydrogen-bond donors (Lipinski definition) is 4. The maximum absolute atomic E-state index is 13.5. The number of amides is 5. The number of aliphatic carboxylic acids is 1. The highest BCUT2D eigenvalue weighted by Gasteiger charge is 2.40. The smallest absolute Gasteiger partial charge is 0.315 e. The summed E-state index contributed by atoms with van der Waals surface area (Å²) in [6.45, 7) is 6.88. The Morgan fingerprint density at radius 2 is 1.58 bits per heavy atom. The monoisotopic (exact) mass is 605 g/mol. The second kappa shape index (κ2) is 16.9. The summed E-state index contributed by atoms with van der Waals surface area (Å²) in [4.78, 5) is 65.3. The number of nitrogens with one attached hydrogen (secondary N) is 3. The van der Waals surface area contributed by atoms with E-state index < -0.39 is 11.9 Å². The van der Waals surface area contributed by atoms with Crippen LogP contribution in [0.25, 0.3) is 0 Å². The van der Waals surface area contributed by atoms with E-state index >= 15 is 0 Å². The molecule has 0 aromatic heterocycles. The van der Waals surface area contributed by atoms with Crippen LogP contribution in [-0.2, 0) is 19.2 Å². The molecule has 11 nitrogen and oxygen atoms in total. The van der Waals surface area contributed by atoms with Crippen LogP contribution >= 0.6 is 0 Å². The highest BCUT2D eigenvalue weighted by molar-refractivity contribution is 5.81. The average molecular weight is 606 g/mol. The van der Waals surface area contributed by atoms with Crippen molar-refractivity contribution in [1.29, 1.82) is 0 Å². The lowest BCUT2D eigenvalue weighted by molar-refractivity contribution is -0.142. The van der Waals surface area contributed by atoms with Crippen molar-refractivity contribution < 1.29 is 29.1 Å². The van der Waals surface area contributed by atoms with Gasteiger partial charge in [0.1, 0.15) is 0 Å². The van der Waals surface area contributed by atoms with Crippen molar-refractivity contribution in [3.63, 3.8) is 0 Å². The number of carbonyl (C=O) groups is 5. The predicted octanol–water partition coefficient (Wildman–Crippen LogP) is 3.51. The molecule has 3 saturated carbocycles. The number of nitrogens with zero attached hydrogens (tertiary/aromatic N) is 2. The van der Waals surface area contributed by atoms with E-state index in [1.165, 1.54) is 17.7 Å². The highest BCUT2D eigenvalue weighted by atomic mass is 16.4.